The molecule has 0 aliphatic carbocycles. The molecule has 0 radical (unpaired) electrons. The Bertz CT molecular complexity index is 394. The molecule has 0 bridgehead atoms. The van der Waals surface area contributed by atoms with Crippen LogP contribution < -0.4 is 5.32 Å². The van der Waals surface area contributed by atoms with Crippen molar-refractivity contribution in [3.05, 3.63) is 34.9 Å². The van der Waals surface area contributed by atoms with Gasteiger partial charge in [-0.25, -0.2) is 0 Å². The fourth-order valence-electron chi connectivity index (χ4n) is 3.08. The summed E-state index contributed by atoms with van der Waals surface area (Å²) in [4.78, 5) is 2.50. The molecule has 3 rings (SSSR count). The highest BCUT2D eigenvalue weighted by molar-refractivity contribution is 5.35. The fourth-order valence-corrected chi connectivity index (χ4v) is 3.08. The third-order valence-corrected chi connectivity index (χ3v) is 4.15. The van der Waals surface area contributed by atoms with Gasteiger partial charge in [0.2, 0.25) is 0 Å². The molecule has 1 saturated heterocycles. The van der Waals surface area contributed by atoms with Crippen molar-refractivity contribution in [1.82, 2.24) is 10.2 Å². The monoisotopic (exact) mass is 230 g/mol. The van der Waals surface area contributed by atoms with E-state index >= 15 is 0 Å². The first-order valence-electron chi connectivity index (χ1n) is 6.91. The number of hydrogen-bond donors (Lipinski definition) is 1. The van der Waals surface area contributed by atoms with Gasteiger partial charge in [0.05, 0.1) is 0 Å². The van der Waals surface area contributed by atoms with Crippen molar-refractivity contribution in [2.45, 2.75) is 45.3 Å². The van der Waals surface area contributed by atoms with Crippen LogP contribution in [0.3, 0.4) is 0 Å². The van der Waals surface area contributed by atoms with Gasteiger partial charge < -0.3 is 5.32 Å². The van der Waals surface area contributed by atoms with E-state index in [1.165, 1.54) is 36.9 Å². The summed E-state index contributed by atoms with van der Waals surface area (Å²) in [7, 11) is 0. The fraction of sp³-hybridized carbons (Fsp3) is 0.600. The Labute approximate surface area is 104 Å². The van der Waals surface area contributed by atoms with E-state index in [9.17, 15) is 0 Å². The van der Waals surface area contributed by atoms with Crippen LogP contribution in [0.2, 0.25) is 0 Å². The van der Waals surface area contributed by atoms with E-state index in [1.54, 1.807) is 5.56 Å². The molecule has 1 aromatic carbocycles. The van der Waals surface area contributed by atoms with E-state index < -0.39 is 0 Å². The Balaban J connectivity index is 1.71. The van der Waals surface area contributed by atoms with E-state index in [0.717, 1.165) is 25.7 Å². The van der Waals surface area contributed by atoms with Crippen molar-refractivity contribution in [2.24, 2.45) is 0 Å². The van der Waals surface area contributed by atoms with Crippen molar-refractivity contribution in [3.8, 4) is 0 Å². The zero-order valence-electron chi connectivity index (χ0n) is 10.7. The molecule has 0 amide bonds. The third-order valence-electron chi connectivity index (χ3n) is 4.15. The van der Waals surface area contributed by atoms with Gasteiger partial charge in [-0.2, -0.15) is 0 Å². The quantitative estimate of drug-likeness (QED) is 0.857. The summed E-state index contributed by atoms with van der Waals surface area (Å²) in [6, 6.07) is 7.83. The average molecular weight is 230 g/mol. The molecule has 2 heteroatoms. The largest absolute Gasteiger partial charge is 0.314 e. The lowest BCUT2D eigenvalue weighted by molar-refractivity contribution is 0.301. The summed E-state index contributed by atoms with van der Waals surface area (Å²) in [5.74, 6) is 0. The first-order chi connectivity index (χ1) is 8.35. The van der Waals surface area contributed by atoms with E-state index in [2.05, 4.69) is 35.3 Å². The van der Waals surface area contributed by atoms with Crippen LogP contribution in [-0.4, -0.2) is 24.0 Å². The van der Waals surface area contributed by atoms with Crippen LogP contribution in [0.15, 0.2) is 18.2 Å². The number of rotatable bonds is 3. The van der Waals surface area contributed by atoms with Gasteiger partial charge in [-0.05, 0) is 49.0 Å². The maximum absolute atomic E-state index is 3.58. The number of nitrogens with zero attached hydrogens (tertiary/aromatic N) is 1. The van der Waals surface area contributed by atoms with Gasteiger partial charge in [0.25, 0.3) is 0 Å². The highest BCUT2D eigenvalue weighted by Crippen LogP contribution is 2.24. The third kappa shape index (κ3) is 2.38. The van der Waals surface area contributed by atoms with E-state index in [-0.39, 0.29) is 0 Å². The van der Waals surface area contributed by atoms with E-state index in [1.807, 2.05) is 0 Å². The Kier molecular flexibility index (Phi) is 3.17. The molecule has 2 aliphatic heterocycles. The lowest BCUT2D eigenvalue weighted by Gasteiger charge is -2.11. The van der Waals surface area contributed by atoms with Gasteiger partial charge in [-0.15, -0.1) is 0 Å². The molecule has 1 N–H and O–H groups in total. The first-order valence-corrected chi connectivity index (χ1v) is 6.91. The second-order valence-corrected chi connectivity index (χ2v) is 5.40. The summed E-state index contributed by atoms with van der Waals surface area (Å²) in [6.45, 7) is 6.91. The van der Waals surface area contributed by atoms with Crippen molar-refractivity contribution in [3.63, 3.8) is 0 Å². The van der Waals surface area contributed by atoms with Crippen LogP contribution in [0.5, 0.6) is 0 Å². The summed E-state index contributed by atoms with van der Waals surface area (Å²) >= 11 is 0. The second-order valence-electron chi connectivity index (χ2n) is 5.40. The Morgan fingerprint density at radius 2 is 2.18 bits per heavy atom. The Morgan fingerprint density at radius 3 is 2.94 bits per heavy atom. The highest BCUT2D eigenvalue weighted by Gasteiger charge is 2.19. The van der Waals surface area contributed by atoms with E-state index in [4.69, 9.17) is 0 Å². The topological polar surface area (TPSA) is 15.3 Å². The van der Waals surface area contributed by atoms with Crippen molar-refractivity contribution in [2.75, 3.05) is 13.1 Å². The van der Waals surface area contributed by atoms with Gasteiger partial charge >= 0.3 is 0 Å². The molecule has 2 heterocycles. The summed E-state index contributed by atoms with van der Waals surface area (Å²) < 4.78 is 0. The molecule has 17 heavy (non-hydrogen) atoms. The Morgan fingerprint density at radius 1 is 1.29 bits per heavy atom. The van der Waals surface area contributed by atoms with Gasteiger partial charge in [-0.1, -0.05) is 25.1 Å². The highest BCUT2D eigenvalue weighted by atomic mass is 15.1. The minimum absolute atomic E-state index is 0.719. The molecule has 1 atom stereocenters. The predicted molar refractivity (Wildman–Crippen MR) is 71.0 cm³/mol. The van der Waals surface area contributed by atoms with Crippen molar-refractivity contribution >= 4 is 0 Å². The van der Waals surface area contributed by atoms with Gasteiger partial charge in [0.15, 0.2) is 0 Å². The molecule has 0 saturated carbocycles. The zero-order chi connectivity index (χ0) is 11.7. The van der Waals surface area contributed by atoms with Crippen molar-refractivity contribution in [1.29, 1.82) is 0 Å². The minimum atomic E-state index is 0.719. The molecule has 0 aromatic heterocycles. The molecule has 1 aromatic rings. The van der Waals surface area contributed by atoms with Gasteiger partial charge in [0.1, 0.15) is 0 Å². The van der Waals surface area contributed by atoms with Crippen LogP contribution in [0.1, 0.15) is 36.5 Å². The predicted octanol–water partition coefficient (Wildman–Crippen LogP) is 2.32. The number of benzene rings is 1. The van der Waals surface area contributed by atoms with E-state index in [0.29, 0.717) is 0 Å². The number of nitrogens with one attached hydrogen (secondary N) is 1. The maximum Gasteiger partial charge on any atom is 0.0240 e. The number of hydrogen-bond acceptors (Lipinski definition) is 2. The molecular formula is C15H22N2. The van der Waals surface area contributed by atoms with Crippen LogP contribution in [0.4, 0.5) is 0 Å². The van der Waals surface area contributed by atoms with Gasteiger partial charge in [0, 0.05) is 19.1 Å². The summed E-state index contributed by atoms with van der Waals surface area (Å²) in [5, 5.41) is 3.58. The molecule has 0 spiro atoms. The standard InChI is InChI=1S/C15H22N2/c1-2-17-10-13-6-5-12(8-14(13)11-17)9-15-4-3-7-16-15/h5-6,8,15-16H,2-4,7,9-11H2,1H3. The molecule has 92 valence electrons. The SMILES string of the molecule is CCN1Cc2ccc(CC3CCCN3)cc2C1. The molecule has 1 unspecified atom stereocenters. The minimum Gasteiger partial charge on any atom is -0.314 e. The smallest absolute Gasteiger partial charge is 0.0240 e. The van der Waals surface area contributed by atoms with Gasteiger partial charge in [-0.3, -0.25) is 4.90 Å². The second kappa shape index (κ2) is 4.79. The summed E-state index contributed by atoms with van der Waals surface area (Å²) in [6.07, 6.45) is 3.90. The maximum atomic E-state index is 3.58. The number of fused-ring (bicyclic) bond motifs is 1. The lowest BCUT2D eigenvalue weighted by atomic mass is 10.0. The van der Waals surface area contributed by atoms with Crippen LogP contribution in [0, 0.1) is 0 Å². The normalized spacial score (nSPS) is 24.2. The lowest BCUT2D eigenvalue weighted by Crippen LogP contribution is -2.23. The van der Waals surface area contributed by atoms with Crippen molar-refractivity contribution < 1.29 is 0 Å². The Hall–Kier alpha value is -0.860. The molecule has 2 nitrogen and oxygen atoms in total. The molecule has 2 aliphatic rings. The molecule has 1 fully saturated rings. The van der Waals surface area contributed by atoms with Crippen LogP contribution in [0.25, 0.3) is 0 Å². The molecular weight excluding hydrogens is 208 g/mol. The summed E-state index contributed by atoms with van der Waals surface area (Å²) in [5.41, 5.74) is 4.61. The van der Waals surface area contributed by atoms with Crippen LogP contribution >= 0.6 is 0 Å². The average Bonchev–Trinajstić information content (AvgIpc) is 2.96. The first kappa shape index (κ1) is 11.2. The van der Waals surface area contributed by atoms with Crippen LogP contribution in [-0.2, 0) is 19.5 Å². The zero-order valence-corrected chi connectivity index (χ0v) is 10.7.